The third-order valence-electron chi connectivity index (χ3n) is 6.21. The van der Waals surface area contributed by atoms with Crippen LogP contribution in [-0.2, 0) is 4.79 Å². The number of hydrogen-bond acceptors (Lipinski definition) is 4. The second kappa shape index (κ2) is 6.91. The summed E-state index contributed by atoms with van der Waals surface area (Å²) in [4.78, 5) is 32.8. The summed E-state index contributed by atoms with van der Waals surface area (Å²) in [6.45, 7) is 10.3. The molecular weight excluding hydrogens is 328 g/mol. The van der Waals surface area contributed by atoms with E-state index in [2.05, 4.69) is 41.8 Å². The van der Waals surface area contributed by atoms with Crippen LogP contribution in [-0.4, -0.2) is 78.5 Å². The fourth-order valence-electron chi connectivity index (χ4n) is 4.42. The molecule has 3 aliphatic rings. The Bertz CT molecular complexity index is 690. The summed E-state index contributed by atoms with van der Waals surface area (Å²) < 4.78 is 0. The molecule has 3 fully saturated rings. The van der Waals surface area contributed by atoms with Gasteiger partial charge in [-0.05, 0) is 43.9 Å². The Morgan fingerprint density at radius 2 is 1.77 bits per heavy atom. The van der Waals surface area contributed by atoms with Crippen molar-refractivity contribution in [1.29, 1.82) is 0 Å². The minimum Gasteiger partial charge on any atom is -0.369 e. The molecule has 3 aliphatic heterocycles. The Morgan fingerprint density at radius 3 is 2.50 bits per heavy atom. The molecule has 1 aromatic carbocycles. The first kappa shape index (κ1) is 17.3. The van der Waals surface area contributed by atoms with Gasteiger partial charge < -0.3 is 9.80 Å². The van der Waals surface area contributed by atoms with Crippen LogP contribution in [0.15, 0.2) is 18.2 Å². The largest absolute Gasteiger partial charge is 0.369 e. The Morgan fingerprint density at radius 1 is 1.00 bits per heavy atom. The summed E-state index contributed by atoms with van der Waals surface area (Å²) in [7, 11) is 0. The topological polar surface area (TPSA) is 47.1 Å². The van der Waals surface area contributed by atoms with E-state index in [0.29, 0.717) is 6.54 Å². The van der Waals surface area contributed by atoms with E-state index < -0.39 is 0 Å². The van der Waals surface area contributed by atoms with Crippen molar-refractivity contribution in [3.8, 4) is 0 Å². The van der Waals surface area contributed by atoms with Crippen LogP contribution in [0.4, 0.5) is 10.5 Å². The lowest BCUT2D eigenvalue weighted by Gasteiger charge is -2.37. The SMILES string of the molecule is Cc1cccc(N2CCN(CCN3C(=O)[C@H]4CCCN4C3=O)CC2)c1C. The second-order valence-corrected chi connectivity index (χ2v) is 7.67. The highest BCUT2D eigenvalue weighted by Crippen LogP contribution is 2.27. The smallest absolute Gasteiger partial charge is 0.327 e. The van der Waals surface area contributed by atoms with Crippen molar-refractivity contribution in [1.82, 2.24) is 14.7 Å². The summed E-state index contributed by atoms with van der Waals surface area (Å²) in [5.41, 5.74) is 4.02. The highest BCUT2D eigenvalue weighted by molar-refractivity contribution is 6.04. The van der Waals surface area contributed by atoms with Gasteiger partial charge in [0.05, 0.1) is 0 Å². The van der Waals surface area contributed by atoms with Crippen LogP contribution < -0.4 is 4.90 Å². The predicted molar refractivity (Wildman–Crippen MR) is 101 cm³/mol. The number of anilines is 1. The number of amides is 3. The highest BCUT2D eigenvalue weighted by atomic mass is 16.2. The molecule has 3 saturated heterocycles. The van der Waals surface area contributed by atoms with E-state index in [-0.39, 0.29) is 18.0 Å². The molecule has 140 valence electrons. The number of urea groups is 1. The number of rotatable bonds is 4. The van der Waals surface area contributed by atoms with E-state index in [4.69, 9.17) is 0 Å². The van der Waals surface area contributed by atoms with Gasteiger partial charge in [0.25, 0.3) is 5.91 Å². The third kappa shape index (κ3) is 2.96. The molecule has 0 unspecified atom stereocenters. The zero-order chi connectivity index (χ0) is 18.3. The molecule has 3 amide bonds. The molecule has 0 aliphatic carbocycles. The van der Waals surface area contributed by atoms with Crippen LogP contribution in [0, 0.1) is 13.8 Å². The molecule has 1 atom stereocenters. The zero-order valence-electron chi connectivity index (χ0n) is 15.8. The average molecular weight is 356 g/mol. The molecule has 3 heterocycles. The van der Waals surface area contributed by atoms with Gasteiger partial charge in [0.2, 0.25) is 0 Å². The van der Waals surface area contributed by atoms with Crippen LogP contribution in [0.1, 0.15) is 24.0 Å². The maximum absolute atomic E-state index is 12.4. The van der Waals surface area contributed by atoms with E-state index in [0.717, 1.165) is 52.1 Å². The predicted octanol–water partition coefficient (Wildman–Crippen LogP) is 1.85. The van der Waals surface area contributed by atoms with Crippen LogP contribution in [0.2, 0.25) is 0 Å². The number of piperazine rings is 1. The summed E-state index contributed by atoms with van der Waals surface area (Å²) >= 11 is 0. The molecular formula is C20H28N4O2. The molecule has 6 heteroatoms. The number of nitrogens with zero attached hydrogens (tertiary/aromatic N) is 4. The number of aryl methyl sites for hydroxylation is 1. The fourth-order valence-corrected chi connectivity index (χ4v) is 4.42. The second-order valence-electron chi connectivity index (χ2n) is 7.67. The normalized spacial score (nSPS) is 23.9. The lowest BCUT2D eigenvalue weighted by Crippen LogP contribution is -2.49. The molecule has 26 heavy (non-hydrogen) atoms. The lowest BCUT2D eigenvalue weighted by atomic mass is 10.1. The maximum Gasteiger partial charge on any atom is 0.327 e. The van der Waals surface area contributed by atoms with E-state index in [1.807, 2.05) is 0 Å². The Balaban J connectivity index is 1.30. The van der Waals surface area contributed by atoms with Crippen molar-refractivity contribution in [2.45, 2.75) is 32.7 Å². The molecule has 4 rings (SSSR count). The Kier molecular flexibility index (Phi) is 4.61. The van der Waals surface area contributed by atoms with Crippen LogP contribution in [0.3, 0.4) is 0 Å². The third-order valence-corrected chi connectivity index (χ3v) is 6.21. The first-order chi connectivity index (χ1) is 12.6. The average Bonchev–Trinajstić information content (AvgIpc) is 3.21. The van der Waals surface area contributed by atoms with Crippen molar-refractivity contribution in [2.24, 2.45) is 0 Å². The van der Waals surface area contributed by atoms with E-state index >= 15 is 0 Å². The first-order valence-electron chi connectivity index (χ1n) is 9.72. The van der Waals surface area contributed by atoms with E-state index in [1.165, 1.54) is 21.7 Å². The van der Waals surface area contributed by atoms with Gasteiger partial charge in [-0.1, -0.05) is 12.1 Å². The molecule has 0 bridgehead atoms. The minimum atomic E-state index is -0.177. The van der Waals surface area contributed by atoms with E-state index in [9.17, 15) is 9.59 Å². The van der Waals surface area contributed by atoms with Crippen molar-refractivity contribution < 1.29 is 9.59 Å². The molecule has 0 spiro atoms. The highest BCUT2D eigenvalue weighted by Gasteiger charge is 2.47. The fraction of sp³-hybridized carbons (Fsp3) is 0.600. The van der Waals surface area contributed by atoms with Gasteiger partial charge in [-0.15, -0.1) is 0 Å². The molecule has 0 saturated carbocycles. The lowest BCUT2D eigenvalue weighted by molar-refractivity contribution is -0.128. The number of imide groups is 1. The van der Waals surface area contributed by atoms with Gasteiger partial charge in [0.15, 0.2) is 0 Å². The van der Waals surface area contributed by atoms with Gasteiger partial charge in [-0.25, -0.2) is 4.79 Å². The number of carbonyl (C=O) groups excluding carboxylic acids is 2. The maximum atomic E-state index is 12.4. The Hall–Kier alpha value is -2.08. The van der Waals surface area contributed by atoms with E-state index in [1.54, 1.807) is 4.90 Å². The van der Waals surface area contributed by atoms with Crippen molar-refractivity contribution in [2.75, 3.05) is 50.7 Å². The summed E-state index contributed by atoms with van der Waals surface area (Å²) in [6.07, 6.45) is 1.78. The van der Waals surface area contributed by atoms with Crippen molar-refractivity contribution in [3.63, 3.8) is 0 Å². The molecule has 1 aromatic rings. The number of hydrogen-bond donors (Lipinski definition) is 0. The standard InChI is InChI=1S/C20H28N4O2/c1-15-5-3-6-17(16(15)2)22-12-9-21(10-13-22)11-14-24-19(25)18-7-4-8-23(18)20(24)26/h3,5-6,18H,4,7-14H2,1-2H3/t18-/m1/s1. The first-order valence-corrected chi connectivity index (χ1v) is 9.72. The van der Waals surface area contributed by atoms with Gasteiger partial charge in [-0.3, -0.25) is 14.6 Å². The number of benzene rings is 1. The number of carbonyl (C=O) groups is 2. The van der Waals surface area contributed by atoms with Crippen molar-refractivity contribution >= 4 is 17.6 Å². The molecule has 6 nitrogen and oxygen atoms in total. The zero-order valence-corrected chi connectivity index (χ0v) is 15.8. The van der Waals surface area contributed by atoms with Gasteiger partial charge in [0.1, 0.15) is 6.04 Å². The van der Waals surface area contributed by atoms with Crippen LogP contribution >= 0.6 is 0 Å². The van der Waals surface area contributed by atoms with Crippen LogP contribution in [0.25, 0.3) is 0 Å². The summed E-state index contributed by atoms with van der Waals surface area (Å²) in [6, 6.07) is 6.23. The molecule has 0 radical (unpaired) electrons. The quantitative estimate of drug-likeness (QED) is 0.773. The molecule has 0 N–H and O–H groups in total. The van der Waals surface area contributed by atoms with Gasteiger partial charge >= 0.3 is 6.03 Å². The van der Waals surface area contributed by atoms with Crippen LogP contribution in [0.5, 0.6) is 0 Å². The summed E-state index contributed by atoms with van der Waals surface area (Å²) in [5.74, 6) is 0.0153. The monoisotopic (exact) mass is 356 g/mol. The minimum absolute atomic E-state index is 0.0153. The van der Waals surface area contributed by atoms with Gasteiger partial charge in [-0.2, -0.15) is 0 Å². The van der Waals surface area contributed by atoms with Crippen molar-refractivity contribution in [3.05, 3.63) is 29.3 Å². The van der Waals surface area contributed by atoms with Gasteiger partial charge in [0, 0.05) is 51.5 Å². The summed E-state index contributed by atoms with van der Waals surface area (Å²) in [5, 5.41) is 0. The molecule has 0 aromatic heterocycles. The number of fused-ring (bicyclic) bond motifs is 1. The Labute approximate surface area is 155 Å².